The van der Waals surface area contributed by atoms with Gasteiger partial charge < -0.3 is 10.2 Å². The van der Waals surface area contributed by atoms with Gasteiger partial charge in [-0.15, -0.1) is 0 Å². The van der Waals surface area contributed by atoms with Crippen LogP contribution in [0.5, 0.6) is 0 Å². The molecule has 1 heterocycles. The van der Waals surface area contributed by atoms with Crippen molar-refractivity contribution in [2.45, 2.75) is 53.1 Å². The van der Waals surface area contributed by atoms with Gasteiger partial charge in [0, 0.05) is 23.8 Å². The average Bonchev–Trinajstić information content (AvgIpc) is 2.77. The van der Waals surface area contributed by atoms with E-state index in [1.54, 1.807) is 27.7 Å². The van der Waals surface area contributed by atoms with Gasteiger partial charge in [0.2, 0.25) is 0 Å². The summed E-state index contributed by atoms with van der Waals surface area (Å²) in [5.74, 6) is 0.572. The van der Waals surface area contributed by atoms with Gasteiger partial charge >= 0.3 is 6.03 Å². The zero-order chi connectivity index (χ0) is 22.5. The standard InChI is InChI=1S/C24H29ClN4O2/c1-5-16-9-12-18(13-10-16)26-24(31)28(7-3)21(6-2)22-27-20-15-17(25)11-14-19(20)23(30)29(22)8-4/h9-15,21H,5-8H2,1-4H3,(H,26,31). The Bertz CT molecular complexity index is 1120. The monoisotopic (exact) mass is 440 g/mol. The lowest BCUT2D eigenvalue weighted by Gasteiger charge is -2.31. The molecule has 6 nitrogen and oxygen atoms in total. The number of carbonyl (C=O) groups excluding carboxylic acids is 1. The van der Waals surface area contributed by atoms with Crippen molar-refractivity contribution in [2.75, 3.05) is 11.9 Å². The lowest BCUT2D eigenvalue weighted by Crippen LogP contribution is -2.40. The van der Waals surface area contributed by atoms with E-state index in [-0.39, 0.29) is 17.6 Å². The molecule has 0 aliphatic heterocycles. The molecule has 0 aliphatic rings. The molecule has 1 aromatic heterocycles. The highest BCUT2D eigenvalue weighted by atomic mass is 35.5. The van der Waals surface area contributed by atoms with Gasteiger partial charge in [0.25, 0.3) is 5.56 Å². The van der Waals surface area contributed by atoms with E-state index in [9.17, 15) is 9.59 Å². The molecule has 31 heavy (non-hydrogen) atoms. The Balaban J connectivity index is 2.00. The van der Waals surface area contributed by atoms with Gasteiger partial charge in [-0.25, -0.2) is 9.78 Å². The van der Waals surface area contributed by atoms with E-state index in [2.05, 4.69) is 12.2 Å². The number of carbonyl (C=O) groups is 1. The Morgan fingerprint density at radius 1 is 1.13 bits per heavy atom. The maximum atomic E-state index is 13.2. The van der Waals surface area contributed by atoms with Crippen molar-refractivity contribution in [3.63, 3.8) is 0 Å². The van der Waals surface area contributed by atoms with Crippen molar-refractivity contribution >= 4 is 34.2 Å². The lowest BCUT2D eigenvalue weighted by molar-refractivity contribution is 0.184. The first-order valence-electron chi connectivity index (χ1n) is 10.8. The number of hydrogen-bond donors (Lipinski definition) is 1. The topological polar surface area (TPSA) is 67.2 Å². The largest absolute Gasteiger partial charge is 0.322 e. The Morgan fingerprint density at radius 3 is 2.42 bits per heavy atom. The first-order chi connectivity index (χ1) is 14.9. The molecule has 1 unspecified atom stereocenters. The molecule has 1 atom stereocenters. The number of fused-ring (bicyclic) bond motifs is 1. The van der Waals surface area contributed by atoms with Crippen LogP contribution in [0.25, 0.3) is 10.9 Å². The Kier molecular flexibility index (Phi) is 7.33. The molecular weight excluding hydrogens is 412 g/mol. The summed E-state index contributed by atoms with van der Waals surface area (Å²) in [6, 6.07) is 12.3. The van der Waals surface area contributed by atoms with Crippen LogP contribution in [0, 0.1) is 0 Å². The number of aromatic nitrogens is 2. The number of halogens is 1. The third-order valence-electron chi connectivity index (χ3n) is 5.54. The zero-order valence-corrected chi connectivity index (χ0v) is 19.2. The van der Waals surface area contributed by atoms with Crippen LogP contribution < -0.4 is 10.9 Å². The van der Waals surface area contributed by atoms with Crippen LogP contribution in [-0.4, -0.2) is 27.0 Å². The van der Waals surface area contributed by atoms with Crippen LogP contribution in [0.4, 0.5) is 10.5 Å². The summed E-state index contributed by atoms with van der Waals surface area (Å²) in [4.78, 5) is 32.8. The smallest absolute Gasteiger partial charge is 0.315 e. The van der Waals surface area contributed by atoms with Crippen molar-refractivity contribution in [1.82, 2.24) is 14.5 Å². The quantitative estimate of drug-likeness (QED) is 0.517. The molecule has 0 saturated carbocycles. The summed E-state index contributed by atoms with van der Waals surface area (Å²) < 4.78 is 1.65. The van der Waals surface area contributed by atoms with Crippen LogP contribution in [0.1, 0.15) is 51.5 Å². The summed E-state index contributed by atoms with van der Waals surface area (Å²) in [5, 5.41) is 4.02. The van der Waals surface area contributed by atoms with Crippen LogP contribution in [0.2, 0.25) is 5.02 Å². The summed E-state index contributed by atoms with van der Waals surface area (Å²) in [6.45, 7) is 8.86. The van der Waals surface area contributed by atoms with E-state index in [4.69, 9.17) is 16.6 Å². The van der Waals surface area contributed by atoms with Gasteiger partial charge in [-0.1, -0.05) is 37.6 Å². The van der Waals surface area contributed by atoms with Gasteiger partial charge in [0.15, 0.2) is 0 Å². The third kappa shape index (κ3) is 4.74. The number of urea groups is 1. The second-order valence-corrected chi connectivity index (χ2v) is 7.81. The number of benzene rings is 2. The average molecular weight is 441 g/mol. The van der Waals surface area contributed by atoms with Gasteiger partial charge in [0.05, 0.1) is 16.9 Å². The fraction of sp³-hybridized carbons (Fsp3) is 0.375. The highest BCUT2D eigenvalue weighted by molar-refractivity contribution is 6.31. The van der Waals surface area contributed by atoms with Crippen molar-refractivity contribution in [3.8, 4) is 0 Å². The van der Waals surface area contributed by atoms with E-state index in [0.29, 0.717) is 41.3 Å². The Hall–Kier alpha value is -2.86. The lowest BCUT2D eigenvalue weighted by atomic mass is 10.1. The molecule has 1 N–H and O–H groups in total. The van der Waals surface area contributed by atoms with Crippen molar-refractivity contribution < 1.29 is 4.79 Å². The zero-order valence-electron chi connectivity index (χ0n) is 18.5. The normalized spacial score (nSPS) is 12.0. The predicted octanol–water partition coefficient (Wildman–Crippen LogP) is 5.64. The van der Waals surface area contributed by atoms with Gasteiger partial charge in [-0.05, 0) is 62.6 Å². The SMILES string of the molecule is CCc1ccc(NC(=O)N(CC)C(CC)c2nc3cc(Cl)ccc3c(=O)n2CC)cc1. The van der Waals surface area contributed by atoms with Crippen LogP contribution >= 0.6 is 11.6 Å². The van der Waals surface area contributed by atoms with Crippen molar-refractivity contribution in [2.24, 2.45) is 0 Å². The Labute approximate surface area is 187 Å². The second kappa shape index (κ2) is 9.96. The molecule has 2 aromatic carbocycles. The summed E-state index contributed by atoms with van der Waals surface area (Å²) in [5.41, 5.74) is 2.37. The molecule has 164 valence electrons. The van der Waals surface area contributed by atoms with Gasteiger partial charge in [0.1, 0.15) is 5.82 Å². The molecule has 0 saturated heterocycles. The number of nitrogens with one attached hydrogen (secondary N) is 1. The van der Waals surface area contributed by atoms with Crippen LogP contribution in [0.3, 0.4) is 0 Å². The fourth-order valence-electron chi connectivity index (χ4n) is 3.84. The second-order valence-electron chi connectivity index (χ2n) is 7.37. The molecule has 0 fully saturated rings. The maximum Gasteiger partial charge on any atom is 0.322 e. The molecule has 2 amide bonds. The molecule has 3 aromatic rings. The Morgan fingerprint density at radius 2 is 1.84 bits per heavy atom. The number of aryl methyl sites for hydroxylation is 1. The number of anilines is 1. The fourth-order valence-corrected chi connectivity index (χ4v) is 4.00. The molecule has 3 rings (SSSR count). The molecule has 0 radical (unpaired) electrons. The third-order valence-corrected chi connectivity index (χ3v) is 5.77. The molecule has 7 heteroatoms. The maximum absolute atomic E-state index is 13.2. The van der Waals surface area contributed by atoms with Crippen LogP contribution in [0.15, 0.2) is 47.3 Å². The van der Waals surface area contributed by atoms with Gasteiger partial charge in [-0.3, -0.25) is 9.36 Å². The number of nitrogens with zero attached hydrogens (tertiary/aromatic N) is 3. The molecule has 0 aliphatic carbocycles. The minimum Gasteiger partial charge on any atom is -0.315 e. The predicted molar refractivity (Wildman–Crippen MR) is 127 cm³/mol. The summed E-state index contributed by atoms with van der Waals surface area (Å²) in [6.07, 6.45) is 1.56. The molecule has 0 bridgehead atoms. The first-order valence-corrected chi connectivity index (χ1v) is 11.2. The summed E-state index contributed by atoms with van der Waals surface area (Å²) >= 11 is 6.14. The highest BCUT2D eigenvalue weighted by Crippen LogP contribution is 2.25. The highest BCUT2D eigenvalue weighted by Gasteiger charge is 2.27. The van der Waals surface area contributed by atoms with Crippen molar-refractivity contribution in [3.05, 3.63) is 69.2 Å². The van der Waals surface area contributed by atoms with E-state index >= 15 is 0 Å². The molecular formula is C24H29ClN4O2. The summed E-state index contributed by atoms with van der Waals surface area (Å²) in [7, 11) is 0. The minimum atomic E-state index is -0.351. The van der Waals surface area contributed by atoms with Crippen LogP contribution in [-0.2, 0) is 13.0 Å². The number of amides is 2. The number of hydrogen-bond acceptors (Lipinski definition) is 3. The number of rotatable bonds is 7. The first kappa shape index (κ1) is 22.8. The molecule has 0 spiro atoms. The van der Waals surface area contributed by atoms with E-state index in [0.717, 1.165) is 12.1 Å². The van der Waals surface area contributed by atoms with Crippen molar-refractivity contribution in [1.29, 1.82) is 0 Å². The minimum absolute atomic E-state index is 0.121. The van der Waals surface area contributed by atoms with E-state index in [1.807, 2.05) is 45.0 Å². The van der Waals surface area contributed by atoms with E-state index in [1.165, 1.54) is 5.56 Å². The van der Waals surface area contributed by atoms with Gasteiger partial charge in [-0.2, -0.15) is 0 Å². The van der Waals surface area contributed by atoms with E-state index < -0.39 is 0 Å².